The average Bonchev–Trinajstić information content (AvgIpc) is 2.34. The largest absolute Gasteiger partial charge is 0.379 e. The molecule has 3 nitrogen and oxygen atoms in total. The molecule has 2 N–H and O–H groups in total. The van der Waals surface area contributed by atoms with E-state index in [1.807, 2.05) is 12.1 Å². The molecule has 0 spiro atoms. The minimum atomic E-state index is 0.279. The highest BCUT2D eigenvalue weighted by molar-refractivity contribution is 6.30. The zero-order valence-corrected chi connectivity index (χ0v) is 9.99. The van der Waals surface area contributed by atoms with Crippen LogP contribution in [0.3, 0.4) is 0 Å². The predicted molar refractivity (Wildman–Crippen MR) is 65.6 cm³/mol. The fourth-order valence-electron chi connectivity index (χ4n) is 2.07. The Hall–Kier alpha value is -0.610. The molecule has 1 aromatic rings. The van der Waals surface area contributed by atoms with Crippen molar-refractivity contribution >= 4 is 11.6 Å². The number of rotatable bonds is 3. The van der Waals surface area contributed by atoms with Crippen LogP contribution in [0.4, 0.5) is 0 Å². The van der Waals surface area contributed by atoms with Crippen LogP contribution in [-0.2, 0) is 4.74 Å². The molecule has 0 radical (unpaired) electrons. The van der Waals surface area contributed by atoms with E-state index in [1.165, 1.54) is 5.56 Å². The highest BCUT2D eigenvalue weighted by Gasteiger charge is 2.20. The third-order valence-electron chi connectivity index (χ3n) is 2.96. The molecule has 2 rings (SSSR count). The van der Waals surface area contributed by atoms with E-state index in [1.54, 1.807) is 0 Å². The molecule has 1 aliphatic rings. The summed E-state index contributed by atoms with van der Waals surface area (Å²) < 4.78 is 5.35. The van der Waals surface area contributed by atoms with Crippen LogP contribution in [0.1, 0.15) is 11.6 Å². The van der Waals surface area contributed by atoms with Crippen molar-refractivity contribution < 1.29 is 4.74 Å². The number of hydrogen-bond donors (Lipinski definition) is 1. The minimum Gasteiger partial charge on any atom is -0.379 e. The van der Waals surface area contributed by atoms with Crippen molar-refractivity contribution in [3.05, 3.63) is 34.9 Å². The number of nitrogens with two attached hydrogens (primary N) is 1. The quantitative estimate of drug-likeness (QED) is 0.874. The maximum atomic E-state index is 5.88. The summed E-state index contributed by atoms with van der Waals surface area (Å²) in [6.07, 6.45) is 0. The Morgan fingerprint density at radius 2 is 1.88 bits per heavy atom. The van der Waals surface area contributed by atoms with Gasteiger partial charge in [-0.15, -0.1) is 0 Å². The molecule has 0 amide bonds. The number of halogens is 1. The van der Waals surface area contributed by atoms with Crippen LogP contribution in [0.5, 0.6) is 0 Å². The van der Waals surface area contributed by atoms with Gasteiger partial charge in [-0.25, -0.2) is 0 Å². The molecule has 1 fully saturated rings. The average molecular weight is 241 g/mol. The predicted octanol–water partition coefficient (Wildman–Crippen LogP) is 1.67. The number of benzene rings is 1. The molecule has 0 unspecified atom stereocenters. The third kappa shape index (κ3) is 2.74. The highest BCUT2D eigenvalue weighted by Crippen LogP contribution is 2.22. The first-order valence-electron chi connectivity index (χ1n) is 5.58. The summed E-state index contributed by atoms with van der Waals surface area (Å²) in [5.41, 5.74) is 7.09. The first kappa shape index (κ1) is 11.9. The van der Waals surface area contributed by atoms with E-state index in [9.17, 15) is 0 Å². The summed E-state index contributed by atoms with van der Waals surface area (Å²) >= 11 is 5.88. The van der Waals surface area contributed by atoms with Crippen LogP contribution in [0.2, 0.25) is 5.02 Å². The van der Waals surface area contributed by atoms with Gasteiger partial charge in [-0.3, -0.25) is 4.90 Å². The lowest BCUT2D eigenvalue weighted by atomic mass is 10.1. The van der Waals surface area contributed by atoms with Gasteiger partial charge in [0.05, 0.1) is 13.2 Å². The first-order valence-corrected chi connectivity index (χ1v) is 5.96. The smallest absolute Gasteiger partial charge is 0.0594 e. The molecular formula is C12H17ClN2O. The van der Waals surface area contributed by atoms with Crippen molar-refractivity contribution in [2.75, 3.05) is 32.8 Å². The third-order valence-corrected chi connectivity index (χ3v) is 3.22. The van der Waals surface area contributed by atoms with E-state index in [2.05, 4.69) is 17.0 Å². The zero-order chi connectivity index (χ0) is 11.4. The molecule has 4 heteroatoms. The number of ether oxygens (including phenoxy) is 1. The van der Waals surface area contributed by atoms with Crippen molar-refractivity contribution in [1.29, 1.82) is 0 Å². The van der Waals surface area contributed by atoms with Crippen molar-refractivity contribution in [2.24, 2.45) is 5.73 Å². The second kappa shape index (κ2) is 5.64. The summed E-state index contributed by atoms with van der Waals surface area (Å²) in [5.74, 6) is 0. The minimum absolute atomic E-state index is 0.279. The SMILES string of the molecule is NC[C@H](c1ccc(Cl)cc1)N1CCOCC1. The standard InChI is InChI=1S/C12H17ClN2O/c13-11-3-1-10(2-4-11)12(9-14)15-5-7-16-8-6-15/h1-4,12H,5-9,14H2/t12-/m1/s1. The molecular weight excluding hydrogens is 224 g/mol. The van der Waals surface area contributed by atoms with Gasteiger partial charge in [0.1, 0.15) is 0 Å². The lowest BCUT2D eigenvalue weighted by Gasteiger charge is -2.34. The van der Waals surface area contributed by atoms with Gasteiger partial charge in [0.25, 0.3) is 0 Å². The van der Waals surface area contributed by atoms with Crippen molar-refractivity contribution in [3.8, 4) is 0 Å². The Morgan fingerprint density at radius 1 is 1.25 bits per heavy atom. The van der Waals surface area contributed by atoms with Crippen LogP contribution >= 0.6 is 11.6 Å². The fraction of sp³-hybridized carbons (Fsp3) is 0.500. The number of nitrogens with zero attached hydrogens (tertiary/aromatic N) is 1. The van der Waals surface area contributed by atoms with E-state index in [0.29, 0.717) is 6.54 Å². The Morgan fingerprint density at radius 3 is 2.44 bits per heavy atom. The first-order chi connectivity index (χ1) is 7.81. The Kier molecular flexibility index (Phi) is 4.18. The van der Waals surface area contributed by atoms with Gasteiger partial charge in [-0.05, 0) is 17.7 Å². The highest BCUT2D eigenvalue weighted by atomic mass is 35.5. The van der Waals surface area contributed by atoms with Crippen LogP contribution < -0.4 is 5.73 Å². The molecule has 1 aromatic carbocycles. The van der Waals surface area contributed by atoms with Crippen molar-refractivity contribution in [2.45, 2.75) is 6.04 Å². The molecule has 1 saturated heterocycles. The van der Waals surface area contributed by atoms with Gasteiger partial charge in [-0.1, -0.05) is 23.7 Å². The Bertz CT molecular complexity index is 322. The molecule has 0 aliphatic carbocycles. The lowest BCUT2D eigenvalue weighted by Crippen LogP contribution is -2.41. The second-order valence-corrected chi connectivity index (χ2v) is 4.39. The molecule has 0 bridgehead atoms. The maximum absolute atomic E-state index is 5.88. The number of morpholine rings is 1. The molecule has 88 valence electrons. The Balaban J connectivity index is 2.11. The summed E-state index contributed by atoms with van der Waals surface area (Å²) in [6, 6.07) is 8.21. The summed E-state index contributed by atoms with van der Waals surface area (Å²) in [5, 5.41) is 0.765. The fourth-order valence-corrected chi connectivity index (χ4v) is 2.20. The van der Waals surface area contributed by atoms with Crippen LogP contribution in [-0.4, -0.2) is 37.7 Å². The topological polar surface area (TPSA) is 38.5 Å². The van der Waals surface area contributed by atoms with Gasteiger partial charge >= 0.3 is 0 Å². The molecule has 16 heavy (non-hydrogen) atoms. The van der Waals surface area contributed by atoms with E-state index < -0.39 is 0 Å². The van der Waals surface area contributed by atoms with E-state index >= 15 is 0 Å². The summed E-state index contributed by atoms with van der Waals surface area (Å²) in [6.45, 7) is 4.12. The van der Waals surface area contributed by atoms with E-state index in [-0.39, 0.29) is 6.04 Å². The van der Waals surface area contributed by atoms with Crippen LogP contribution in [0, 0.1) is 0 Å². The maximum Gasteiger partial charge on any atom is 0.0594 e. The van der Waals surface area contributed by atoms with E-state index in [4.69, 9.17) is 22.1 Å². The van der Waals surface area contributed by atoms with E-state index in [0.717, 1.165) is 31.3 Å². The number of hydrogen-bond acceptors (Lipinski definition) is 3. The van der Waals surface area contributed by atoms with Crippen molar-refractivity contribution in [3.63, 3.8) is 0 Å². The summed E-state index contributed by atoms with van der Waals surface area (Å²) in [4.78, 5) is 2.37. The molecule has 1 aliphatic heterocycles. The zero-order valence-electron chi connectivity index (χ0n) is 9.23. The monoisotopic (exact) mass is 240 g/mol. The molecule has 1 atom stereocenters. The van der Waals surface area contributed by atoms with Gasteiger partial charge in [-0.2, -0.15) is 0 Å². The second-order valence-electron chi connectivity index (χ2n) is 3.95. The van der Waals surface area contributed by atoms with Crippen molar-refractivity contribution in [1.82, 2.24) is 4.90 Å². The lowest BCUT2D eigenvalue weighted by molar-refractivity contribution is 0.0179. The Labute approximate surface area is 101 Å². The van der Waals surface area contributed by atoms with Gasteiger partial charge in [0, 0.05) is 30.7 Å². The van der Waals surface area contributed by atoms with Gasteiger partial charge in [0.2, 0.25) is 0 Å². The van der Waals surface area contributed by atoms with Gasteiger partial charge < -0.3 is 10.5 Å². The molecule has 1 heterocycles. The van der Waals surface area contributed by atoms with Crippen LogP contribution in [0.25, 0.3) is 0 Å². The summed E-state index contributed by atoms with van der Waals surface area (Å²) in [7, 11) is 0. The van der Waals surface area contributed by atoms with Crippen LogP contribution in [0.15, 0.2) is 24.3 Å². The molecule has 0 aromatic heterocycles. The molecule has 0 saturated carbocycles. The van der Waals surface area contributed by atoms with Gasteiger partial charge in [0.15, 0.2) is 0 Å². The normalized spacial score (nSPS) is 19.6.